The number of nitrogens with one attached hydrogen (secondary N) is 1. The van der Waals surface area contributed by atoms with E-state index in [2.05, 4.69) is 5.32 Å². The van der Waals surface area contributed by atoms with Crippen LogP contribution in [0, 0.1) is 0 Å². The number of benzene rings is 2. The first-order chi connectivity index (χ1) is 9.75. The maximum Gasteiger partial charge on any atom is 0.404 e. The van der Waals surface area contributed by atoms with Crippen molar-refractivity contribution in [2.45, 2.75) is 6.54 Å². The monoisotopic (exact) mass is 271 g/mol. The molecule has 0 aromatic heterocycles. The Kier molecular flexibility index (Phi) is 3.16. The van der Waals surface area contributed by atoms with Gasteiger partial charge in [0.2, 0.25) is 6.79 Å². The van der Waals surface area contributed by atoms with Crippen LogP contribution in [0.15, 0.2) is 42.5 Å². The molecule has 2 aromatic carbocycles. The zero-order valence-corrected chi connectivity index (χ0v) is 10.6. The second kappa shape index (κ2) is 5.13. The van der Waals surface area contributed by atoms with Gasteiger partial charge in [0, 0.05) is 12.1 Å². The van der Waals surface area contributed by atoms with Gasteiger partial charge in [0.25, 0.3) is 0 Å². The van der Waals surface area contributed by atoms with Crippen molar-refractivity contribution in [1.29, 1.82) is 0 Å². The molecule has 20 heavy (non-hydrogen) atoms. The van der Waals surface area contributed by atoms with Crippen LogP contribution in [0.2, 0.25) is 0 Å². The lowest BCUT2D eigenvalue weighted by molar-refractivity contribution is 0.174. The first-order valence-corrected chi connectivity index (χ1v) is 6.19. The molecule has 5 nitrogen and oxygen atoms in total. The van der Waals surface area contributed by atoms with E-state index < -0.39 is 6.09 Å². The third kappa shape index (κ3) is 2.25. The average molecular weight is 271 g/mol. The molecule has 0 saturated heterocycles. The maximum absolute atomic E-state index is 10.7. The van der Waals surface area contributed by atoms with Gasteiger partial charge >= 0.3 is 6.09 Å². The highest BCUT2D eigenvalue weighted by atomic mass is 16.7. The highest BCUT2D eigenvalue weighted by Crippen LogP contribution is 2.43. The van der Waals surface area contributed by atoms with E-state index in [1.165, 1.54) is 0 Å². The van der Waals surface area contributed by atoms with Gasteiger partial charge in [-0.05, 0) is 17.2 Å². The second-order valence-electron chi connectivity index (χ2n) is 4.36. The van der Waals surface area contributed by atoms with Crippen LogP contribution in [0.1, 0.15) is 5.56 Å². The first kappa shape index (κ1) is 12.3. The van der Waals surface area contributed by atoms with Gasteiger partial charge in [-0.3, -0.25) is 0 Å². The summed E-state index contributed by atoms with van der Waals surface area (Å²) in [6, 6.07) is 13.4. The molecule has 1 heterocycles. The molecule has 0 saturated carbocycles. The van der Waals surface area contributed by atoms with Crippen molar-refractivity contribution in [2.24, 2.45) is 0 Å². The third-order valence-corrected chi connectivity index (χ3v) is 3.12. The van der Waals surface area contributed by atoms with Crippen molar-refractivity contribution < 1.29 is 19.4 Å². The summed E-state index contributed by atoms with van der Waals surface area (Å²) < 4.78 is 10.9. The summed E-state index contributed by atoms with van der Waals surface area (Å²) >= 11 is 0. The van der Waals surface area contributed by atoms with Gasteiger partial charge in [0.15, 0.2) is 11.5 Å². The number of hydrogen-bond donors (Lipinski definition) is 2. The lowest BCUT2D eigenvalue weighted by Crippen LogP contribution is -2.20. The molecule has 0 bridgehead atoms. The number of rotatable bonds is 3. The molecule has 0 spiro atoms. The van der Waals surface area contributed by atoms with Gasteiger partial charge in [0.1, 0.15) is 0 Å². The number of hydrogen-bond acceptors (Lipinski definition) is 3. The van der Waals surface area contributed by atoms with Crippen LogP contribution in [-0.2, 0) is 6.54 Å². The molecule has 2 aromatic rings. The Bertz CT molecular complexity index is 640. The number of amides is 1. The molecule has 0 atom stereocenters. The molecule has 1 amide bonds. The van der Waals surface area contributed by atoms with Gasteiger partial charge < -0.3 is 19.9 Å². The van der Waals surface area contributed by atoms with E-state index in [9.17, 15) is 4.79 Å². The number of ether oxygens (including phenoxy) is 2. The topological polar surface area (TPSA) is 67.8 Å². The fraction of sp³-hybridized carbons (Fsp3) is 0.133. The SMILES string of the molecule is O=C(O)NCc1ccc2c(c1-c1ccccc1)OCO2. The lowest BCUT2D eigenvalue weighted by atomic mass is 9.98. The van der Waals surface area contributed by atoms with E-state index in [1.807, 2.05) is 36.4 Å². The maximum atomic E-state index is 10.7. The van der Waals surface area contributed by atoms with Gasteiger partial charge in [-0.15, -0.1) is 0 Å². The summed E-state index contributed by atoms with van der Waals surface area (Å²) in [5.41, 5.74) is 2.69. The highest BCUT2D eigenvalue weighted by Gasteiger charge is 2.21. The molecular weight excluding hydrogens is 258 g/mol. The molecule has 0 radical (unpaired) electrons. The molecule has 0 fully saturated rings. The molecule has 102 valence electrons. The molecule has 0 unspecified atom stereocenters. The van der Waals surface area contributed by atoms with Crippen LogP contribution in [0.3, 0.4) is 0 Å². The molecule has 2 N–H and O–H groups in total. The molecular formula is C15H13NO4. The predicted molar refractivity (Wildman–Crippen MR) is 72.9 cm³/mol. The minimum atomic E-state index is -1.05. The van der Waals surface area contributed by atoms with Crippen LogP contribution in [-0.4, -0.2) is 18.0 Å². The van der Waals surface area contributed by atoms with Crippen LogP contribution >= 0.6 is 0 Å². The van der Waals surface area contributed by atoms with Crippen molar-refractivity contribution in [1.82, 2.24) is 5.32 Å². The van der Waals surface area contributed by atoms with Crippen LogP contribution < -0.4 is 14.8 Å². The van der Waals surface area contributed by atoms with Gasteiger partial charge in [-0.1, -0.05) is 36.4 Å². The summed E-state index contributed by atoms with van der Waals surface area (Å²) in [6.07, 6.45) is -1.05. The Labute approximate surface area is 115 Å². The van der Waals surface area contributed by atoms with E-state index >= 15 is 0 Å². The Morgan fingerprint density at radius 3 is 2.70 bits per heavy atom. The second-order valence-corrected chi connectivity index (χ2v) is 4.36. The Morgan fingerprint density at radius 2 is 1.95 bits per heavy atom. The van der Waals surface area contributed by atoms with Crippen molar-refractivity contribution in [3.05, 3.63) is 48.0 Å². The van der Waals surface area contributed by atoms with Crippen molar-refractivity contribution in [3.63, 3.8) is 0 Å². The Balaban J connectivity index is 2.08. The fourth-order valence-electron chi connectivity index (χ4n) is 2.25. The molecule has 0 aliphatic carbocycles. The van der Waals surface area contributed by atoms with E-state index in [-0.39, 0.29) is 13.3 Å². The van der Waals surface area contributed by atoms with Gasteiger partial charge in [0.05, 0.1) is 0 Å². The van der Waals surface area contributed by atoms with E-state index in [4.69, 9.17) is 14.6 Å². The van der Waals surface area contributed by atoms with E-state index in [0.29, 0.717) is 11.5 Å². The number of carbonyl (C=O) groups is 1. The quantitative estimate of drug-likeness (QED) is 0.900. The Morgan fingerprint density at radius 1 is 1.15 bits per heavy atom. The predicted octanol–water partition coefficient (Wildman–Crippen LogP) is 2.85. The molecule has 5 heteroatoms. The van der Waals surface area contributed by atoms with Crippen molar-refractivity contribution in [2.75, 3.05) is 6.79 Å². The Hall–Kier alpha value is -2.69. The first-order valence-electron chi connectivity index (χ1n) is 6.19. The minimum Gasteiger partial charge on any atom is -0.465 e. The molecule has 3 rings (SSSR count). The summed E-state index contributed by atoms with van der Waals surface area (Å²) in [6.45, 7) is 0.404. The third-order valence-electron chi connectivity index (χ3n) is 3.12. The number of carboxylic acid groups (broad SMARTS) is 1. The minimum absolute atomic E-state index is 0.185. The summed E-state index contributed by atoms with van der Waals surface area (Å²) in [4.78, 5) is 10.7. The summed E-state index contributed by atoms with van der Waals surface area (Å²) in [5, 5.41) is 11.1. The average Bonchev–Trinajstić information content (AvgIpc) is 2.93. The van der Waals surface area contributed by atoms with Crippen molar-refractivity contribution >= 4 is 6.09 Å². The van der Waals surface area contributed by atoms with Gasteiger partial charge in [-0.25, -0.2) is 4.79 Å². The lowest BCUT2D eigenvalue weighted by Gasteiger charge is -2.12. The smallest absolute Gasteiger partial charge is 0.404 e. The summed E-state index contributed by atoms with van der Waals surface area (Å²) in [5.74, 6) is 1.35. The standard InChI is InChI=1S/C15H13NO4/c17-15(18)16-8-11-6-7-12-14(20-9-19-12)13(11)10-4-2-1-3-5-10/h1-7,16H,8-9H2,(H,17,18). The van der Waals surface area contributed by atoms with E-state index in [0.717, 1.165) is 16.7 Å². The normalized spacial score (nSPS) is 12.2. The van der Waals surface area contributed by atoms with Gasteiger partial charge in [-0.2, -0.15) is 0 Å². The zero-order chi connectivity index (χ0) is 13.9. The highest BCUT2D eigenvalue weighted by molar-refractivity contribution is 5.78. The van der Waals surface area contributed by atoms with Crippen LogP contribution in [0.4, 0.5) is 4.79 Å². The molecule has 1 aliphatic heterocycles. The number of fused-ring (bicyclic) bond motifs is 1. The zero-order valence-electron chi connectivity index (χ0n) is 10.6. The fourth-order valence-corrected chi connectivity index (χ4v) is 2.25. The summed E-state index contributed by atoms with van der Waals surface area (Å²) in [7, 11) is 0. The van der Waals surface area contributed by atoms with Crippen LogP contribution in [0.25, 0.3) is 11.1 Å². The van der Waals surface area contributed by atoms with Crippen molar-refractivity contribution in [3.8, 4) is 22.6 Å². The molecule has 1 aliphatic rings. The van der Waals surface area contributed by atoms with E-state index in [1.54, 1.807) is 6.07 Å². The van der Waals surface area contributed by atoms with Crippen LogP contribution in [0.5, 0.6) is 11.5 Å². The largest absolute Gasteiger partial charge is 0.465 e.